The minimum absolute atomic E-state index is 0.0323. The summed E-state index contributed by atoms with van der Waals surface area (Å²) in [6, 6.07) is -1.04. The first-order chi connectivity index (χ1) is 14.9. The topological polar surface area (TPSA) is 90.7 Å². The molecule has 1 saturated heterocycles. The van der Waals surface area contributed by atoms with E-state index in [1.165, 1.54) is 17.2 Å². The number of esters is 1. The number of ether oxygens (including phenoxy) is 2. The van der Waals surface area contributed by atoms with E-state index in [0.717, 1.165) is 4.68 Å². The quantitative estimate of drug-likeness (QED) is 0.316. The zero-order valence-electron chi connectivity index (χ0n) is 18.2. The summed E-state index contributed by atoms with van der Waals surface area (Å²) in [5, 5.41) is 4.57. The number of Topliss-reactive ketones (excluding diaryl/α,β-unsaturated/α-hetero) is 1. The number of halogens is 3. The fraction of sp³-hybridized carbons (Fsp3) is 0.524. The van der Waals surface area contributed by atoms with E-state index in [1.54, 1.807) is 27.7 Å². The van der Waals surface area contributed by atoms with Crippen molar-refractivity contribution in [3.05, 3.63) is 27.6 Å². The van der Waals surface area contributed by atoms with E-state index in [1.807, 2.05) is 0 Å². The Morgan fingerprint density at radius 2 is 2.06 bits per heavy atom. The molecule has 0 spiro atoms. The van der Waals surface area contributed by atoms with Gasteiger partial charge in [-0.25, -0.2) is 18.7 Å². The summed E-state index contributed by atoms with van der Waals surface area (Å²) in [4.78, 5) is 40.2. The Bertz CT molecular complexity index is 1070. The van der Waals surface area contributed by atoms with Crippen LogP contribution in [0.5, 0.6) is 0 Å². The van der Waals surface area contributed by atoms with Crippen LogP contribution < -0.4 is 0 Å². The van der Waals surface area contributed by atoms with Crippen LogP contribution in [0.15, 0.2) is 16.7 Å². The molecule has 0 radical (unpaired) electrons. The average molecular weight is 533 g/mol. The van der Waals surface area contributed by atoms with Gasteiger partial charge in [0.05, 0.1) is 22.1 Å². The van der Waals surface area contributed by atoms with Gasteiger partial charge in [0.15, 0.2) is 11.6 Å². The minimum Gasteiger partial charge on any atom is -0.464 e. The number of rotatable bonds is 5. The molecule has 8 nitrogen and oxygen atoms in total. The second-order valence-electron chi connectivity index (χ2n) is 8.41. The summed E-state index contributed by atoms with van der Waals surface area (Å²) >= 11 is 9.28. The Hall–Kier alpha value is -2.20. The maximum Gasteiger partial charge on any atom is 0.410 e. The Balaban J connectivity index is 2.01. The van der Waals surface area contributed by atoms with Crippen molar-refractivity contribution in [1.29, 1.82) is 0 Å². The van der Waals surface area contributed by atoms with E-state index in [9.17, 15) is 18.8 Å². The molecule has 2 atom stereocenters. The number of aromatic nitrogens is 2. The molecule has 11 heteroatoms. The van der Waals surface area contributed by atoms with E-state index in [0.29, 0.717) is 19.4 Å². The van der Waals surface area contributed by atoms with Gasteiger partial charge in [-0.15, -0.1) is 0 Å². The summed E-state index contributed by atoms with van der Waals surface area (Å²) in [7, 11) is 0. The zero-order chi connectivity index (χ0) is 23.8. The average Bonchev–Trinajstić information content (AvgIpc) is 3.33. The summed E-state index contributed by atoms with van der Waals surface area (Å²) in [5.41, 5.74) is -0.836. The van der Waals surface area contributed by atoms with Gasteiger partial charge in [0.2, 0.25) is 6.04 Å². The number of amides is 1. The molecule has 1 aliphatic heterocycles. The first-order valence-electron chi connectivity index (χ1n) is 10.2. The molecule has 1 aromatic heterocycles. The largest absolute Gasteiger partial charge is 0.464 e. The van der Waals surface area contributed by atoms with Crippen LogP contribution in [0.25, 0.3) is 10.9 Å². The van der Waals surface area contributed by atoms with Gasteiger partial charge in [0, 0.05) is 18.1 Å². The summed E-state index contributed by atoms with van der Waals surface area (Å²) in [6.07, 6.45) is 1.62. The number of carbonyl (C=O) groups is 3. The molecule has 0 saturated carbocycles. The number of ketones is 1. The maximum absolute atomic E-state index is 14.6. The number of carbonyl (C=O) groups excluding carboxylic acids is 3. The van der Waals surface area contributed by atoms with E-state index in [2.05, 4.69) is 21.0 Å². The van der Waals surface area contributed by atoms with E-state index in [-0.39, 0.29) is 27.0 Å². The molecule has 0 aliphatic carbocycles. The molecular formula is C21H24BrClFN3O5. The normalized spacial score (nSPS) is 17.5. The predicted molar refractivity (Wildman–Crippen MR) is 119 cm³/mol. The molecule has 3 rings (SSSR count). The van der Waals surface area contributed by atoms with Crippen LogP contribution in [0.2, 0.25) is 5.02 Å². The highest BCUT2D eigenvalue weighted by Crippen LogP contribution is 2.33. The molecule has 2 aromatic rings. The Kier molecular flexibility index (Phi) is 7.14. The lowest BCUT2D eigenvalue weighted by atomic mass is 10.0. The van der Waals surface area contributed by atoms with Gasteiger partial charge in [0.1, 0.15) is 11.1 Å². The second kappa shape index (κ2) is 9.35. The number of hydrogen-bond acceptors (Lipinski definition) is 6. The third-order valence-electron chi connectivity index (χ3n) is 4.91. The number of nitrogens with zero attached hydrogens (tertiary/aromatic N) is 3. The molecule has 0 bridgehead atoms. The van der Waals surface area contributed by atoms with Crippen molar-refractivity contribution in [2.24, 2.45) is 0 Å². The first kappa shape index (κ1) is 24.4. The second-order valence-corrected chi connectivity index (χ2v) is 9.68. The summed E-state index contributed by atoms with van der Waals surface area (Å²) in [6.45, 7) is 7.13. The third-order valence-corrected chi connectivity index (χ3v) is 5.80. The molecule has 0 N–H and O–H groups in total. The summed E-state index contributed by atoms with van der Waals surface area (Å²) in [5.74, 6) is -2.11. The fourth-order valence-electron chi connectivity index (χ4n) is 3.59. The van der Waals surface area contributed by atoms with Gasteiger partial charge in [-0.3, -0.25) is 9.69 Å². The van der Waals surface area contributed by atoms with Crippen LogP contribution >= 0.6 is 27.5 Å². The minimum atomic E-state index is -1.51. The van der Waals surface area contributed by atoms with Crippen LogP contribution in [0.1, 0.15) is 46.6 Å². The maximum atomic E-state index is 14.6. The van der Waals surface area contributed by atoms with E-state index in [4.69, 9.17) is 21.1 Å². The Morgan fingerprint density at radius 1 is 1.38 bits per heavy atom. The highest BCUT2D eigenvalue weighted by Gasteiger charge is 2.43. The van der Waals surface area contributed by atoms with Crippen molar-refractivity contribution in [3.8, 4) is 0 Å². The SMILES string of the molecule is CCOC(=O)[C@H](C(=O)[C@@H]1CCCN1C(=O)OC(C)(C)C)n1cc2c(Cl)cc(Br)c(F)c2n1. The lowest BCUT2D eigenvalue weighted by Crippen LogP contribution is -2.47. The monoisotopic (exact) mass is 531 g/mol. The van der Waals surface area contributed by atoms with Crippen LogP contribution in [-0.2, 0) is 19.1 Å². The Labute approximate surface area is 198 Å². The van der Waals surface area contributed by atoms with Crippen LogP contribution in [0, 0.1) is 5.82 Å². The van der Waals surface area contributed by atoms with Gasteiger partial charge in [-0.1, -0.05) is 11.6 Å². The highest BCUT2D eigenvalue weighted by molar-refractivity contribution is 9.10. The van der Waals surface area contributed by atoms with Gasteiger partial charge in [-0.05, 0) is 62.5 Å². The van der Waals surface area contributed by atoms with Crippen molar-refractivity contribution in [2.45, 2.75) is 58.2 Å². The molecule has 2 heterocycles. The standard InChI is InChI=1S/C21H24BrClFN3O5/c1-5-31-19(29)17(27-10-11-13(23)9-12(22)15(24)16(11)25-27)18(28)14-7-6-8-26(14)20(30)32-21(2,3)4/h9-10,14,17H,5-8H2,1-4H3/t14-,17-/m0/s1. The molecular weight excluding hydrogens is 509 g/mol. The first-order valence-corrected chi connectivity index (χ1v) is 11.3. The van der Waals surface area contributed by atoms with E-state index < -0.39 is 41.3 Å². The molecule has 1 aliphatic rings. The van der Waals surface area contributed by atoms with Gasteiger partial charge in [0.25, 0.3) is 0 Å². The molecule has 1 aromatic carbocycles. The van der Waals surface area contributed by atoms with Crippen molar-refractivity contribution in [1.82, 2.24) is 14.7 Å². The van der Waals surface area contributed by atoms with E-state index >= 15 is 0 Å². The van der Waals surface area contributed by atoms with Crippen LogP contribution in [0.4, 0.5) is 9.18 Å². The smallest absolute Gasteiger partial charge is 0.410 e. The number of hydrogen-bond donors (Lipinski definition) is 0. The van der Waals surface area contributed by atoms with Crippen LogP contribution in [0.3, 0.4) is 0 Å². The molecule has 1 amide bonds. The van der Waals surface area contributed by atoms with Gasteiger partial charge in [-0.2, -0.15) is 5.10 Å². The number of benzene rings is 1. The highest BCUT2D eigenvalue weighted by atomic mass is 79.9. The predicted octanol–water partition coefficient (Wildman–Crippen LogP) is 4.66. The third kappa shape index (κ3) is 4.91. The number of fused-ring (bicyclic) bond motifs is 1. The zero-order valence-corrected chi connectivity index (χ0v) is 20.5. The van der Waals surface area contributed by atoms with Gasteiger partial charge < -0.3 is 9.47 Å². The molecule has 1 fully saturated rings. The van der Waals surface area contributed by atoms with Crippen molar-refractivity contribution in [2.75, 3.05) is 13.2 Å². The lowest BCUT2D eigenvalue weighted by Gasteiger charge is -2.29. The number of likely N-dealkylation sites (tertiary alicyclic amines) is 1. The van der Waals surface area contributed by atoms with Crippen molar-refractivity contribution >= 4 is 56.3 Å². The van der Waals surface area contributed by atoms with Gasteiger partial charge >= 0.3 is 12.1 Å². The lowest BCUT2D eigenvalue weighted by molar-refractivity contribution is -0.152. The van der Waals surface area contributed by atoms with Crippen molar-refractivity contribution in [3.63, 3.8) is 0 Å². The fourth-order valence-corrected chi connectivity index (χ4v) is 4.38. The molecule has 0 unspecified atom stereocenters. The van der Waals surface area contributed by atoms with Crippen LogP contribution in [-0.4, -0.2) is 57.3 Å². The Morgan fingerprint density at radius 3 is 2.69 bits per heavy atom. The molecule has 32 heavy (non-hydrogen) atoms. The van der Waals surface area contributed by atoms with Crippen molar-refractivity contribution < 1.29 is 28.2 Å². The molecule has 174 valence electrons. The summed E-state index contributed by atoms with van der Waals surface area (Å²) < 4.78 is 26.3.